The van der Waals surface area contributed by atoms with Crippen molar-refractivity contribution in [2.24, 2.45) is 0 Å². The van der Waals surface area contributed by atoms with Gasteiger partial charge >= 0.3 is 0 Å². The Bertz CT molecular complexity index is 416. The predicted molar refractivity (Wildman–Crippen MR) is 69.6 cm³/mol. The van der Waals surface area contributed by atoms with Gasteiger partial charge in [0.2, 0.25) is 5.91 Å². The first-order chi connectivity index (χ1) is 7.95. The number of hydrogen-bond acceptors (Lipinski definition) is 2. The SMILES string of the molecule is COc1cc(C(C)C)c(CNC(C)=O)cc1Cl. The van der Waals surface area contributed by atoms with Crippen molar-refractivity contribution in [3.05, 3.63) is 28.3 Å². The van der Waals surface area contributed by atoms with Crippen molar-refractivity contribution in [2.45, 2.75) is 33.2 Å². The van der Waals surface area contributed by atoms with Crippen LogP contribution in [0.3, 0.4) is 0 Å². The van der Waals surface area contributed by atoms with Gasteiger partial charge in [-0.05, 0) is 29.2 Å². The Morgan fingerprint density at radius 1 is 1.47 bits per heavy atom. The minimum absolute atomic E-state index is 0.0494. The monoisotopic (exact) mass is 255 g/mol. The van der Waals surface area contributed by atoms with Crippen LogP contribution in [-0.4, -0.2) is 13.0 Å². The number of halogens is 1. The Morgan fingerprint density at radius 2 is 2.12 bits per heavy atom. The Balaban J connectivity index is 3.09. The second kappa shape index (κ2) is 5.92. The first-order valence-electron chi connectivity index (χ1n) is 5.56. The van der Waals surface area contributed by atoms with Gasteiger partial charge in [-0.1, -0.05) is 25.4 Å². The lowest BCUT2D eigenvalue weighted by Crippen LogP contribution is -2.20. The molecule has 0 saturated carbocycles. The van der Waals surface area contributed by atoms with E-state index < -0.39 is 0 Å². The molecule has 0 aromatic heterocycles. The van der Waals surface area contributed by atoms with Gasteiger partial charge in [-0.3, -0.25) is 4.79 Å². The number of amides is 1. The van der Waals surface area contributed by atoms with Crippen molar-refractivity contribution in [3.63, 3.8) is 0 Å². The highest BCUT2D eigenvalue weighted by Gasteiger charge is 2.12. The summed E-state index contributed by atoms with van der Waals surface area (Å²) in [6.45, 7) is 6.19. The maximum Gasteiger partial charge on any atom is 0.217 e. The molecule has 0 heterocycles. The largest absolute Gasteiger partial charge is 0.495 e. The first kappa shape index (κ1) is 13.8. The fourth-order valence-corrected chi connectivity index (χ4v) is 1.94. The minimum atomic E-state index is -0.0494. The third-order valence-electron chi connectivity index (χ3n) is 2.56. The van der Waals surface area contributed by atoms with Crippen LogP contribution in [0.1, 0.15) is 37.8 Å². The molecule has 1 rings (SSSR count). The van der Waals surface area contributed by atoms with Gasteiger partial charge < -0.3 is 10.1 Å². The average Bonchev–Trinajstić information content (AvgIpc) is 2.25. The molecule has 1 aromatic carbocycles. The molecule has 3 nitrogen and oxygen atoms in total. The lowest BCUT2D eigenvalue weighted by atomic mass is 9.96. The van der Waals surface area contributed by atoms with Gasteiger partial charge in [0.05, 0.1) is 12.1 Å². The molecular formula is C13H18ClNO2. The third kappa shape index (κ3) is 3.63. The Hall–Kier alpha value is -1.22. The zero-order valence-corrected chi connectivity index (χ0v) is 11.4. The van der Waals surface area contributed by atoms with E-state index >= 15 is 0 Å². The summed E-state index contributed by atoms with van der Waals surface area (Å²) < 4.78 is 5.20. The number of hydrogen-bond donors (Lipinski definition) is 1. The Labute approximate surface area is 107 Å². The molecule has 0 bridgehead atoms. The molecule has 0 unspecified atom stereocenters. The van der Waals surface area contributed by atoms with Gasteiger partial charge in [0, 0.05) is 13.5 Å². The molecule has 4 heteroatoms. The molecule has 1 amide bonds. The highest BCUT2D eigenvalue weighted by molar-refractivity contribution is 6.32. The third-order valence-corrected chi connectivity index (χ3v) is 2.86. The molecule has 17 heavy (non-hydrogen) atoms. The minimum Gasteiger partial charge on any atom is -0.495 e. The van der Waals surface area contributed by atoms with Crippen LogP contribution in [0.4, 0.5) is 0 Å². The molecule has 1 aromatic rings. The predicted octanol–water partition coefficient (Wildman–Crippen LogP) is 3.11. The van der Waals surface area contributed by atoms with Crippen molar-refractivity contribution in [2.75, 3.05) is 7.11 Å². The Kier molecular flexibility index (Phi) is 4.82. The number of benzene rings is 1. The maximum absolute atomic E-state index is 10.9. The molecule has 1 N–H and O–H groups in total. The molecule has 0 atom stereocenters. The second-order valence-electron chi connectivity index (χ2n) is 4.25. The summed E-state index contributed by atoms with van der Waals surface area (Å²) in [5, 5.41) is 3.35. The van der Waals surface area contributed by atoms with Crippen LogP contribution >= 0.6 is 11.6 Å². The van der Waals surface area contributed by atoms with E-state index in [2.05, 4.69) is 19.2 Å². The van der Waals surface area contributed by atoms with Gasteiger partial charge in [-0.25, -0.2) is 0 Å². The normalized spacial score (nSPS) is 10.5. The van der Waals surface area contributed by atoms with Crippen molar-refractivity contribution in [3.8, 4) is 5.75 Å². The topological polar surface area (TPSA) is 38.3 Å². The fraction of sp³-hybridized carbons (Fsp3) is 0.462. The van der Waals surface area contributed by atoms with Crippen LogP contribution < -0.4 is 10.1 Å². The smallest absolute Gasteiger partial charge is 0.217 e. The summed E-state index contributed by atoms with van der Waals surface area (Å²) in [6, 6.07) is 3.79. The lowest BCUT2D eigenvalue weighted by molar-refractivity contribution is -0.119. The zero-order valence-electron chi connectivity index (χ0n) is 10.6. The van der Waals surface area contributed by atoms with E-state index in [1.165, 1.54) is 6.92 Å². The number of rotatable bonds is 4. The van der Waals surface area contributed by atoms with Gasteiger partial charge in [0.15, 0.2) is 0 Å². The molecular weight excluding hydrogens is 238 g/mol. The van der Waals surface area contributed by atoms with Crippen LogP contribution in [0.2, 0.25) is 5.02 Å². The molecule has 0 radical (unpaired) electrons. The summed E-state index contributed by atoms with van der Waals surface area (Å²) in [5.41, 5.74) is 2.17. The van der Waals surface area contributed by atoms with E-state index in [0.29, 0.717) is 23.2 Å². The highest BCUT2D eigenvalue weighted by Crippen LogP contribution is 2.31. The highest BCUT2D eigenvalue weighted by atomic mass is 35.5. The first-order valence-corrected chi connectivity index (χ1v) is 5.94. The van der Waals surface area contributed by atoms with Gasteiger partial charge in [-0.2, -0.15) is 0 Å². The summed E-state index contributed by atoms with van der Waals surface area (Å²) >= 11 is 6.08. The van der Waals surface area contributed by atoms with Crippen LogP contribution in [0.5, 0.6) is 5.75 Å². The fourth-order valence-electron chi connectivity index (χ4n) is 1.68. The van der Waals surface area contributed by atoms with E-state index in [1.807, 2.05) is 12.1 Å². The van der Waals surface area contributed by atoms with Crippen molar-refractivity contribution >= 4 is 17.5 Å². The van der Waals surface area contributed by atoms with Crippen molar-refractivity contribution < 1.29 is 9.53 Å². The standard InChI is InChI=1S/C13H18ClNO2/c1-8(2)11-6-13(17-4)12(14)5-10(11)7-15-9(3)16/h5-6,8H,7H2,1-4H3,(H,15,16). The lowest BCUT2D eigenvalue weighted by Gasteiger charge is -2.16. The average molecular weight is 256 g/mol. The van der Waals surface area contributed by atoms with E-state index in [1.54, 1.807) is 7.11 Å². The van der Waals surface area contributed by atoms with Gasteiger partial charge in [0.1, 0.15) is 5.75 Å². The van der Waals surface area contributed by atoms with E-state index in [9.17, 15) is 4.79 Å². The Morgan fingerprint density at radius 3 is 2.59 bits per heavy atom. The maximum atomic E-state index is 10.9. The molecule has 0 aliphatic carbocycles. The van der Waals surface area contributed by atoms with Crippen LogP contribution in [0, 0.1) is 0 Å². The summed E-state index contributed by atoms with van der Waals surface area (Å²) in [7, 11) is 1.60. The number of methoxy groups -OCH3 is 1. The molecule has 0 aliphatic heterocycles. The van der Waals surface area contributed by atoms with Crippen molar-refractivity contribution in [1.82, 2.24) is 5.32 Å². The van der Waals surface area contributed by atoms with E-state index in [4.69, 9.17) is 16.3 Å². The van der Waals surface area contributed by atoms with Crippen molar-refractivity contribution in [1.29, 1.82) is 0 Å². The number of carbonyl (C=O) groups excluding carboxylic acids is 1. The van der Waals surface area contributed by atoms with E-state index in [-0.39, 0.29) is 5.91 Å². The molecule has 0 fully saturated rings. The quantitative estimate of drug-likeness (QED) is 0.898. The number of nitrogens with one attached hydrogen (secondary N) is 1. The second-order valence-corrected chi connectivity index (χ2v) is 4.66. The molecule has 0 aliphatic rings. The van der Waals surface area contributed by atoms with E-state index in [0.717, 1.165) is 11.1 Å². The summed E-state index contributed by atoms with van der Waals surface area (Å²) in [6.07, 6.45) is 0. The zero-order chi connectivity index (χ0) is 13.0. The van der Waals surface area contributed by atoms with Crippen LogP contribution in [0.25, 0.3) is 0 Å². The summed E-state index contributed by atoms with van der Waals surface area (Å²) in [4.78, 5) is 10.9. The van der Waals surface area contributed by atoms with Crippen LogP contribution in [-0.2, 0) is 11.3 Å². The number of ether oxygens (including phenoxy) is 1. The van der Waals surface area contributed by atoms with Gasteiger partial charge in [-0.15, -0.1) is 0 Å². The summed E-state index contributed by atoms with van der Waals surface area (Å²) in [5.74, 6) is 0.971. The molecule has 0 saturated heterocycles. The van der Waals surface area contributed by atoms with Crippen LogP contribution in [0.15, 0.2) is 12.1 Å². The van der Waals surface area contributed by atoms with Gasteiger partial charge in [0.25, 0.3) is 0 Å². The molecule has 94 valence electrons. The number of carbonyl (C=O) groups is 1. The molecule has 0 spiro atoms.